The van der Waals surface area contributed by atoms with Gasteiger partial charge in [-0.05, 0) is 42.0 Å². The number of ether oxygens (including phenoxy) is 2. The topological polar surface area (TPSA) is 89.6 Å². The lowest BCUT2D eigenvalue weighted by atomic mass is 10.2. The molecule has 0 atom stereocenters. The van der Waals surface area contributed by atoms with Gasteiger partial charge in [0, 0.05) is 6.54 Å². The van der Waals surface area contributed by atoms with Gasteiger partial charge in [-0.25, -0.2) is 13.4 Å². The highest BCUT2D eigenvalue weighted by molar-refractivity contribution is 7.92. The molecular weight excluding hydrogens is 378 g/mol. The largest absolute Gasteiger partial charge is 0.493 e. The number of methoxy groups -OCH3 is 2. The number of pyridine rings is 1. The van der Waals surface area contributed by atoms with Crippen molar-refractivity contribution in [2.24, 2.45) is 0 Å². The molecule has 0 amide bonds. The van der Waals surface area contributed by atoms with Crippen LogP contribution in [-0.2, 0) is 16.6 Å². The Kier molecular flexibility index (Phi) is 6.00. The van der Waals surface area contributed by atoms with Gasteiger partial charge in [0.25, 0.3) is 10.0 Å². The highest BCUT2D eigenvalue weighted by Crippen LogP contribution is 2.27. The SMILES string of the molecule is COc1ccc(CNc2ccc(NS(=O)(=O)c3ccccc3)nc2)cc1OC. The van der Waals surface area contributed by atoms with Crippen LogP contribution in [0, 0.1) is 0 Å². The van der Waals surface area contributed by atoms with Crippen LogP contribution in [-0.4, -0.2) is 27.6 Å². The third-order valence-electron chi connectivity index (χ3n) is 4.00. The molecule has 2 aromatic carbocycles. The molecule has 0 aliphatic rings. The summed E-state index contributed by atoms with van der Waals surface area (Å²) >= 11 is 0. The van der Waals surface area contributed by atoms with E-state index in [4.69, 9.17) is 9.47 Å². The molecule has 0 radical (unpaired) electrons. The van der Waals surface area contributed by atoms with E-state index in [1.807, 2.05) is 18.2 Å². The normalized spacial score (nSPS) is 10.9. The molecule has 3 aromatic rings. The highest BCUT2D eigenvalue weighted by Gasteiger charge is 2.14. The molecule has 0 unspecified atom stereocenters. The third kappa shape index (κ3) is 4.72. The maximum Gasteiger partial charge on any atom is 0.263 e. The van der Waals surface area contributed by atoms with Crippen molar-refractivity contribution in [2.75, 3.05) is 24.3 Å². The van der Waals surface area contributed by atoms with Crippen LogP contribution in [0.4, 0.5) is 11.5 Å². The van der Waals surface area contributed by atoms with E-state index in [-0.39, 0.29) is 10.7 Å². The molecule has 0 spiro atoms. The predicted molar refractivity (Wildman–Crippen MR) is 108 cm³/mol. The van der Waals surface area contributed by atoms with Crippen molar-refractivity contribution in [3.05, 3.63) is 72.4 Å². The van der Waals surface area contributed by atoms with Crippen molar-refractivity contribution >= 4 is 21.5 Å². The highest BCUT2D eigenvalue weighted by atomic mass is 32.2. The summed E-state index contributed by atoms with van der Waals surface area (Å²) in [4.78, 5) is 4.35. The molecule has 0 aliphatic carbocycles. The van der Waals surface area contributed by atoms with Gasteiger partial charge in [0.1, 0.15) is 5.82 Å². The molecule has 8 heteroatoms. The first-order valence-corrected chi connectivity index (χ1v) is 9.99. The summed E-state index contributed by atoms with van der Waals surface area (Å²) in [6.07, 6.45) is 1.57. The van der Waals surface area contributed by atoms with Gasteiger partial charge in [-0.1, -0.05) is 24.3 Å². The average molecular weight is 399 g/mol. The summed E-state index contributed by atoms with van der Waals surface area (Å²) < 4.78 is 37.6. The number of rotatable bonds is 8. The molecule has 1 heterocycles. The monoisotopic (exact) mass is 399 g/mol. The lowest BCUT2D eigenvalue weighted by molar-refractivity contribution is 0.354. The Morgan fingerprint density at radius 3 is 2.32 bits per heavy atom. The molecule has 7 nitrogen and oxygen atoms in total. The van der Waals surface area contributed by atoms with Gasteiger partial charge >= 0.3 is 0 Å². The lowest BCUT2D eigenvalue weighted by Gasteiger charge is -2.11. The smallest absolute Gasteiger partial charge is 0.263 e. The van der Waals surface area contributed by atoms with Gasteiger partial charge in [0.2, 0.25) is 0 Å². The minimum absolute atomic E-state index is 0.187. The van der Waals surface area contributed by atoms with E-state index in [1.54, 1.807) is 50.7 Å². The minimum Gasteiger partial charge on any atom is -0.493 e. The van der Waals surface area contributed by atoms with Gasteiger partial charge in [-0.15, -0.1) is 0 Å². The second-order valence-corrected chi connectivity index (χ2v) is 7.58. The van der Waals surface area contributed by atoms with Crippen LogP contribution in [0.3, 0.4) is 0 Å². The summed E-state index contributed by atoms with van der Waals surface area (Å²) in [5, 5.41) is 3.24. The van der Waals surface area contributed by atoms with E-state index in [1.165, 1.54) is 12.1 Å². The van der Waals surface area contributed by atoms with Crippen LogP contribution in [0.5, 0.6) is 11.5 Å². The number of hydrogen-bond acceptors (Lipinski definition) is 6. The van der Waals surface area contributed by atoms with Crippen LogP contribution in [0.2, 0.25) is 0 Å². The van der Waals surface area contributed by atoms with E-state index >= 15 is 0 Å². The van der Waals surface area contributed by atoms with Crippen molar-refractivity contribution < 1.29 is 17.9 Å². The van der Waals surface area contributed by atoms with Crippen LogP contribution in [0.15, 0.2) is 71.8 Å². The number of aromatic nitrogens is 1. The fourth-order valence-corrected chi connectivity index (χ4v) is 3.58. The Balaban J connectivity index is 1.63. The molecule has 0 bridgehead atoms. The molecule has 28 heavy (non-hydrogen) atoms. The average Bonchev–Trinajstić information content (AvgIpc) is 2.73. The van der Waals surface area contributed by atoms with E-state index in [9.17, 15) is 8.42 Å². The second kappa shape index (κ2) is 8.62. The quantitative estimate of drug-likeness (QED) is 0.602. The molecule has 2 N–H and O–H groups in total. The van der Waals surface area contributed by atoms with Gasteiger partial charge < -0.3 is 14.8 Å². The summed E-state index contributed by atoms with van der Waals surface area (Å²) in [5.41, 5.74) is 1.77. The summed E-state index contributed by atoms with van der Waals surface area (Å²) in [5.74, 6) is 1.58. The molecule has 0 saturated carbocycles. The summed E-state index contributed by atoms with van der Waals surface area (Å²) in [6.45, 7) is 0.553. The third-order valence-corrected chi connectivity index (χ3v) is 5.37. The van der Waals surface area contributed by atoms with Crippen molar-refractivity contribution in [3.63, 3.8) is 0 Å². The Hall–Kier alpha value is -3.26. The first kappa shape index (κ1) is 19.5. The van der Waals surface area contributed by atoms with E-state index in [2.05, 4.69) is 15.0 Å². The number of hydrogen-bond donors (Lipinski definition) is 2. The second-order valence-electron chi connectivity index (χ2n) is 5.89. The zero-order valence-electron chi connectivity index (χ0n) is 15.5. The van der Waals surface area contributed by atoms with Crippen molar-refractivity contribution in [1.29, 1.82) is 0 Å². The number of benzene rings is 2. The fraction of sp³-hybridized carbons (Fsp3) is 0.150. The molecule has 1 aromatic heterocycles. The fourth-order valence-electron chi connectivity index (χ4n) is 2.55. The number of nitrogens with zero attached hydrogens (tertiary/aromatic N) is 1. The zero-order valence-corrected chi connectivity index (χ0v) is 16.4. The number of anilines is 2. The molecule has 0 aliphatic heterocycles. The maximum absolute atomic E-state index is 12.3. The minimum atomic E-state index is -3.65. The van der Waals surface area contributed by atoms with Crippen LogP contribution >= 0.6 is 0 Å². The first-order chi connectivity index (χ1) is 13.5. The predicted octanol–water partition coefficient (Wildman–Crippen LogP) is 3.51. The van der Waals surface area contributed by atoms with E-state index in [0.717, 1.165) is 11.3 Å². The molecule has 0 fully saturated rings. The van der Waals surface area contributed by atoms with Crippen molar-refractivity contribution in [1.82, 2.24) is 4.98 Å². The Labute approximate surface area is 164 Å². The molecule has 146 valence electrons. The molecule has 3 rings (SSSR count). The lowest BCUT2D eigenvalue weighted by Crippen LogP contribution is -2.13. The van der Waals surface area contributed by atoms with E-state index < -0.39 is 10.0 Å². The van der Waals surface area contributed by atoms with Gasteiger partial charge in [0.15, 0.2) is 11.5 Å². The van der Waals surface area contributed by atoms with Gasteiger partial charge in [0.05, 0.1) is 31.0 Å². The van der Waals surface area contributed by atoms with Crippen LogP contribution < -0.4 is 19.5 Å². The standard InChI is InChI=1S/C20H21N3O4S/c1-26-18-10-8-15(12-19(18)27-2)13-21-16-9-11-20(22-14-16)23-28(24,25)17-6-4-3-5-7-17/h3-12,14,21H,13H2,1-2H3,(H,22,23). The van der Waals surface area contributed by atoms with Crippen LogP contribution in [0.1, 0.15) is 5.56 Å². The van der Waals surface area contributed by atoms with Crippen LogP contribution in [0.25, 0.3) is 0 Å². The summed E-state index contributed by atoms with van der Waals surface area (Å²) in [7, 11) is -0.471. The Bertz CT molecular complexity index is 1020. The number of nitrogens with one attached hydrogen (secondary N) is 2. The zero-order chi connectivity index (χ0) is 20.0. The van der Waals surface area contributed by atoms with Crippen molar-refractivity contribution in [2.45, 2.75) is 11.4 Å². The molecular formula is C20H21N3O4S. The first-order valence-electron chi connectivity index (χ1n) is 8.50. The van der Waals surface area contributed by atoms with E-state index in [0.29, 0.717) is 18.0 Å². The van der Waals surface area contributed by atoms with Crippen molar-refractivity contribution in [3.8, 4) is 11.5 Å². The number of sulfonamides is 1. The van der Waals surface area contributed by atoms with Gasteiger partial charge in [-0.3, -0.25) is 4.72 Å². The Morgan fingerprint density at radius 1 is 0.929 bits per heavy atom. The maximum atomic E-state index is 12.3. The Morgan fingerprint density at radius 2 is 1.68 bits per heavy atom. The van der Waals surface area contributed by atoms with Gasteiger partial charge in [-0.2, -0.15) is 0 Å². The molecule has 0 saturated heterocycles. The summed E-state index contributed by atoms with van der Waals surface area (Å²) in [6, 6.07) is 17.2.